The van der Waals surface area contributed by atoms with Gasteiger partial charge in [-0.3, -0.25) is 0 Å². The number of alkyl halides is 7. The molecule has 1 nitrogen and oxygen atoms in total. The molecule has 0 fully saturated rings. The highest BCUT2D eigenvalue weighted by atomic mass is 79.9. The second kappa shape index (κ2) is 10.3. The average molecular weight is 471 g/mol. The summed E-state index contributed by atoms with van der Waals surface area (Å²) in [7, 11) is 0. The first-order valence-electron chi connectivity index (χ1n) is 8.57. The van der Waals surface area contributed by atoms with Gasteiger partial charge in [-0.2, -0.15) is 26.3 Å². The zero-order valence-corrected chi connectivity index (χ0v) is 16.9. The molecule has 0 heterocycles. The van der Waals surface area contributed by atoms with Crippen molar-refractivity contribution in [3.63, 3.8) is 0 Å². The third kappa shape index (κ3) is 6.81. The summed E-state index contributed by atoms with van der Waals surface area (Å²) in [5.41, 5.74) is -1.05. The van der Waals surface area contributed by atoms with Crippen molar-refractivity contribution in [2.45, 2.75) is 50.0 Å². The number of rotatable bonds is 4. The first-order chi connectivity index (χ1) is 12.9. The molecule has 0 aromatic heterocycles. The van der Waals surface area contributed by atoms with E-state index < -0.39 is 29.6 Å². The van der Waals surface area contributed by atoms with Crippen molar-refractivity contribution in [1.82, 2.24) is 0 Å². The van der Waals surface area contributed by atoms with Crippen LogP contribution in [0.1, 0.15) is 59.9 Å². The van der Waals surface area contributed by atoms with E-state index in [0.29, 0.717) is 12.0 Å². The second-order valence-corrected chi connectivity index (χ2v) is 7.08. The van der Waals surface area contributed by atoms with Gasteiger partial charge in [-0.15, -0.1) is 0 Å². The fourth-order valence-corrected chi connectivity index (χ4v) is 2.91. The maximum atomic E-state index is 12.5. The minimum atomic E-state index is -4.40. The number of benzene rings is 2. The van der Waals surface area contributed by atoms with E-state index in [2.05, 4.69) is 15.9 Å². The molecule has 0 aliphatic heterocycles. The first kappa shape index (κ1) is 24.5. The molecule has 156 valence electrons. The smallest absolute Gasteiger partial charge is 0.388 e. The molecule has 0 radical (unpaired) electrons. The quantitative estimate of drug-likeness (QED) is 0.358. The summed E-state index contributed by atoms with van der Waals surface area (Å²) >= 11 is 3.23. The van der Waals surface area contributed by atoms with Gasteiger partial charge >= 0.3 is 12.4 Å². The number of hydrogen-bond donors (Lipinski definition) is 1. The number of halogens is 7. The summed E-state index contributed by atoms with van der Waals surface area (Å²) in [5.74, 6) is 0. The van der Waals surface area contributed by atoms with Crippen LogP contribution < -0.4 is 0 Å². The molecular formula is C20H21BrF6O. The predicted molar refractivity (Wildman–Crippen MR) is 100 cm³/mol. The van der Waals surface area contributed by atoms with Gasteiger partial charge in [0.1, 0.15) is 0 Å². The van der Waals surface area contributed by atoms with Crippen LogP contribution in [0.5, 0.6) is 0 Å². The van der Waals surface area contributed by atoms with Crippen LogP contribution in [-0.2, 0) is 12.4 Å². The fourth-order valence-electron chi connectivity index (χ4n) is 2.51. The molecule has 2 atom stereocenters. The lowest BCUT2D eigenvalue weighted by molar-refractivity contribution is -0.139. The number of aliphatic hydroxyl groups excluding tert-OH is 1. The van der Waals surface area contributed by atoms with Crippen LogP contribution in [0.25, 0.3) is 0 Å². The molecule has 0 saturated heterocycles. The van der Waals surface area contributed by atoms with Crippen LogP contribution in [0.2, 0.25) is 0 Å². The van der Waals surface area contributed by atoms with Gasteiger partial charge in [0.2, 0.25) is 0 Å². The second-order valence-electron chi connectivity index (χ2n) is 5.97. The Bertz CT molecular complexity index is 678. The Morgan fingerprint density at radius 3 is 1.54 bits per heavy atom. The largest absolute Gasteiger partial charge is 0.416 e. The summed E-state index contributed by atoms with van der Waals surface area (Å²) in [6.07, 6.45) is -8.81. The topological polar surface area (TPSA) is 20.2 Å². The number of aliphatic hydroxyl groups is 1. The van der Waals surface area contributed by atoms with Crippen molar-refractivity contribution in [1.29, 1.82) is 0 Å². The molecule has 2 aromatic rings. The van der Waals surface area contributed by atoms with E-state index in [1.165, 1.54) is 30.3 Å². The van der Waals surface area contributed by atoms with Crippen LogP contribution in [0, 0.1) is 0 Å². The van der Waals surface area contributed by atoms with Gasteiger partial charge < -0.3 is 5.11 Å². The van der Waals surface area contributed by atoms with Crippen LogP contribution in [0.15, 0.2) is 48.5 Å². The minimum absolute atomic E-state index is 0.0532. The van der Waals surface area contributed by atoms with Crippen molar-refractivity contribution in [3.8, 4) is 0 Å². The molecular weight excluding hydrogens is 450 g/mol. The first-order valence-corrected chi connectivity index (χ1v) is 9.49. The van der Waals surface area contributed by atoms with Crippen LogP contribution in [0.3, 0.4) is 0 Å². The van der Waals surface area contributed by atoms with E-state index in [1.807, 2.05) is 6.92 Å². The highest BCUT2D eigenvalue weighted by Gasteiger charge is 2.34. The molecule has 1 N–H and O–H groups in total. The van der Waals surface area contributed by atoms with Gasteiger partial charge in [-0.1, -0.05) is 66.2 Å². The van der Waals surface area contributed by atoms with Crippen molar-refractivity contribution in [2.24, 2.45) is 0 Å². The zero-order valence-electron chi connectivity index (χ0n) is 15.3. The highest BCUT2D eigenvalue weighted by Crippen LogP contribution is 2.38. The van der Waals surface area contributed by atoms with Crippen LogP contribution in [-0.4, -0.2) is 5.11 Å². The summed E-state index contributed by atoms with van der Waals surface area (Å²) in [4.78, 5) is -0.236. The Balaban J connectivity index is 0.000000280. The Labute approximate surface area is 168 Å². The van der Waals surface area contributed by atoms with Gasteiger partial charge in [0, 0.05) is 4.83 Å². The maximum Gasteiger partial charge on any atom is 0.416 e. The standard InChI is InChI=1S/C10H10BrF3.C10H11F3O/c1-2-9(11)7-5-3-4-6-8(7)10(12,13)14;1-2-9(14)7-5-3-4-6-8(7)10(11,12)13/h3-6,9H,2H2,1H3;3-6,9,14H,2H2,1H3. The van der Waals surface area contributed by atoms with Gasteiger partial charge in [-0.25, -0.2) is 0 Å². The van der Waals surface area contributed by atoms with Crippen LogP contribution >= 0.6 is 15.9 Å². The molecule has 0 bridgehead atoms. The number of hydrogen-bond acceptors (Lipinski definition) is 1. The molecule has 0 amide bonds. The molecule has 0 spiro atoms. The SMILES string of the molecule is CCC(Br)c1ccccc1C(F)(F)F.CCC(O)c1ccccc1C(F)(F)F. The summed E-state index contributed by atoms with van der Waals surface area (Å²) in [6, 6.07) is 10.7. The van der Waals surface area contributed by atoms with Crippen molar-refractivity contribution < 1.29 is 31.4 Å². The van der Waals surface area contributed by atoms with Gasteiger partial charge in [0.15, 0.2) is 0 Å². The van der Waals surface area contributed by atoms with Crippen molar-refractivity contribution in [3.05, 3.63) is 70.8 Å². The molecule has 0 aliphatic rings. The molecule has 0 aliphatic carbocycles. The normalized spacial score (nSPS) is 14.1. The zero-order chi connectivity index (χ0) is 21.5. The maximum absolute atomic E-state index is 12.5. The predicted octanol–water partition coefficient (Wildman–Crippen LogP) is 7.70. The monoisotopic (exact) mass is 470 g/mol. The third-order valence-corrected chi connectivity index (χ3v) is 5.11. The van der Waals surface area contributed by atoms with Crippen LogP contribution in [0.4, 0.5) is 26.3 Å². The van der Waals surface area contributed by atoms with Gasteiger partial charge in [0.25, 0.3) is 0 Å². The lowest BCUT2D eigenvalue weighted by atomic mass is 10.0. The molecule has 2 rings (SSSR count). The molecule has 28 heavy (non-hydrogen) atoms. The Kier molecular flexibility index (Phi) is 9.01. The Hall–Kier alpha value is -1.54. The van der Waals surface area contributed by atoms with E-state index in [-0.39, 0.29) is 16.8 Å². The van der Waals surface area contributed by atoms with E-state index in [9.17, 15) is 31.4 Å². The molecule has 2 unspecified atom stereocenters. The third-order valence-electron chi connectivity index (χ3n) is 3.97. The molecule has 0 saturated carbocycles. The van der Waals surface area contributed by atoms with Gasteiger partial charge in [0.05, 0.1) is 17.2 Å². The van der Waals surface area contributed by atoms with E-state index in [0.717, 1.165) is 12.1 Å². The van der Waals surface area contributed by atoms with Crippen molar-refractivity contribution >= 4 is 15.9 Å². The summed E-state index contributed by atoms with van der Waals surface area (Å²) in [6.45, 7) is 3.48. The van der Waals surface area contributed by atoms with E-state index in [4.69, 9.17) is 0 Å². The summed E-state index contributed by atoms with van der Waals surface area (Å²) in [5, 5.41) is 9.37. The minimum Gasteiger partial charge on any atom is -0.388 e. The lowest BCUT2D eigenvalue weighted by Gasteiger charge is -2.15. The lowest BCUT2D eigenvalue weighted by Crippen LogP contribution is -2.11. The molecule has 8 heteroatoms. The highest BCUT2D eigenvalue weighted by molar-refractivity contribution is 9.09. The van der Waals surface area contributed by atoms with E-state index in [1.54, 1.807) is 13.0 Å². The Morgan fingerprint density at radius 1 is 0.750 bits per heavy atom. The van der Waals surface area contributed by atoms with E-state index >= 15 is 0 Å². The summed E-state index contributed by atoms with van der Waals surface area (Å²) < 4.78 is 74.9. The van der Waals surface area contributed by atoms with Gasteiger partial charge in [-0.05, 0) is 36.1 Å². The molecule has 2 aromatic carbocycles. The van der Waals surface area contributed by atoms with Crippen molar-refractivity contribution in [2.75, 3.05) is 0 Å². The average Bonchev–Trinajstić information content (AvgIpc) is 2.66. The Morgan fingerprint density at radius 2 is 1.14 bits per heavy atom. The fraction of sp³-hybridized carbons (Fsp3) is 0.400.